The number of rotatable bonds is 7. The van der Waals surface area contributed by atoms with E-state index in [2.05, 4.69) is 20.8 Å². The highest BCUT2D eigenvalue weighted by Gasteiger charge is 2.54. The summed E-state index contributed by atoms with van der Waals surface area (Å²) >= 11 is 0. The Balaban J connectivity index is 2.30. The minimum atomic E-state index is -0.826. The molecule has 1 saturated carbocycles. The van der Waals surface area contributed by atoms with E-state index in [4.69, 9.17) is 5.11 Å². The first kappa shape index (κ1) is 13.3. The van der Waals surface area contributed by atoms with Crippen LogP contribution in [0.3, 0.4) is 0 Å². The van der Waals surface area contributed by atoms with Crippen LogP contribution < -0.4 is 0 Å². The molecule has 2 unspecified atom stereocenters. The van der Waals surface area contributed by atoms with E-state index in [1.54, 1.807) is 0 Å². The number of aliphatic carboxylic acids is 1. The molecule has 0 radical (unpaired) electrons. The smallest absolute Gasteiger partial charge is 0.327 e. The Hall–Kier alpha value is -0.790. The van der Waals surface area contributed by atoms with Crippen molar-refractivity contribution < 1.29 is 9.90 Å². The lowest BCUT2D eigenvalue weighted by molar-refractivity contribution is -0.131. The maximum Gasteiger partial charge on any atom is 0.327 e. The molecule has 92 valence electrons. The van der Waals surface area contributed by atoms with Crippen LogP contribution in [0.2, 0.25) is 0 Å². The normalized spacial score (nSPS) is 27.2. The summed E-state index contributed by atoms with van der Waals surface area (Å²) in [7, 11) is 0. The fourth-order valence-electron chi connectivity index (χ4n) is 2.70. The second-order valence-corrected chi connectivity index (χ2v) is 5.50. The lowest BCUT2D eigenvalue weighted by Gasteiger charge is -2.01. The Morgan fingerprint density at radius 1 is 1.31 bits per heavy atom. The van der Waals surface area contributed by atoms with E-state index in [9.17, 15) is 4.79 Å². The summed E-state index contributed by atoms with van der Waals surface area (Å²) < 4.78 is 0. The molecule has 1 aliphatic rings. The average molecular weight is 224 g/mol. The van der Waals surface area contributed by atoms with Gasteiger partial charge < -0.3 is 5.11 Å². The van der Waals surface area contributed by atoms with Crippen LogP contribution in [0.15, 0.2) is 12.2 Å². The molecule has 0 aromatic heterocycles. The van der Waals surface area contributed by atoms with Crippen LogP contribution >= 0.6 is 0 Å². The van der Waals surface area contributed by atoms with Gasteiger partial charge in [-0.3, -0.25) is 0 Å². The summed E-state index contributed by atoms with van der Waals surface area (Å²) in [6.45, 7) is 6.71. The van der Waals surface area contributed by atoms with Crippen molar-refractivity contribution in [1.82, 2.24) is 0 Å². The van der Waals surface area contributed by atoms with Crippen LogP contribution in [0, 0.1) is 17.3 Å². The zero-order valence-electron chi connectivity index (χ0n) is 10.7. The fraction of sp³-hybridized carbons (Fsp3) is 0.786. The average Bonchev–Trinajstić information content (AvgIpc) is 2.72. The summed E-state index contributed by atoms with van der Waals surface area (Å²) in [5.74, 6) is 0.345. The van der Waals surface area contributed by atoms with Gasteiger partial charge in [0.05, 0.1) is 0 Å². The van der Waals surface area contributed by atoms with Crippen LogP contribution in [-0.2, 0) is 4.79 Å². The summed E-state index contributed by atoms with van der Waals surface area (Å²) in [6, 6.07) is 0. The van der Waals surface area contributed by atoms with Crippen LogP contribution in [-0.4, -0.2) is 11.1 Å². The molecule has 0 amide bonds. The van der Waals surface area contributed by atoms with Crippen molar-refractivity contribution in [3.05, 3.63) is 12.2 Å². The summed E-state index contributed by atoms with van der Waals surface area (Å²) in [5.41, 5.74) is 0.318. The van der Waals surface area contributed by atoms with E-state index in [1.165, 1.54) is 38.2 Å². The Bertz CT molecular complexity index is 266. The molecular weight excluding hydrogens is 200 g/mol. The molecule has 16 heavy (non-hydrogen) atoms. The molecule has 2 heteroatoms. The molecule has 0 heterocycles. The topological polar surface area (TPSA) is 37.3 Å². The molecule has 0 aromatic carbocycles. The van der Waals surface area contributed by atoms with E-state index >= 15 is 0 Å². The predicted molar refractivity (Wildman–Crippen MR) is 66.3 cm³/mol. The fourth-order valence-corrected chi connectivity index (χ4v) is 2.70. The van der Waals surface area contributed by atoms with Crippen LogP contribution in [0.1, 0.15) is 52.9 Å². The molecule has 0 aromatic rings. The lowest BCUT2D eigenvalue weighted by Crippen LogP contribution is -1.91. The summed E-state index contributed by atoms with van der Waals surface area (Å²) in [5, 5.41) is 8.61. The molecule has 2 atom stereocenters. The molecule has 0 aliphatic heterocycles. The third-order valence-corrected chi connectivity index (χ3v) is 3.95. The third kappa shape index (κ3) is 3.36. The van der Waals surface area contributed by atoms with Crippen LogP contribution in [0.5, 0.6) is 0 Å². The van der Waals surface area contributed by atoms with Crippen molar-refractivity contribution in [2.45, 2.75) is 52.9 Å². The second-order valence-electron chi connectivity index (χ2n) is 5.50. The van der Waals surface area contributed by atoms with Crippen LogP contribution in [0.4, 0.5) is 0 Å². The van der Waals surface area contributed by atoms with Crippen molar-refractivity contribution in [3.8, 4) is 0 Å². The van der Waals surface area contributed by atoms with Crippen molar-refractivity contribution in [2.24, 2.45) is 17.3 Å². The van der Waals surface area contributed by atoms with E-state index in [0.29, 0.717) is 17.3 Å². The Kier molecular flexibility index (Phi) is 4.57. The largest absolute Gasteiger partial charge is 0.478 e. The molecule has 0 spiro atoms. The zero-order chi connectivity index (χ0) is 12.2. The molecule has 1 fully saturated rings. The zero-order valence-corrected chi connectivity index (χ0v) is 10.7. The van der Waals surface area contributed by atoms with Gasteiger partial charge in [0.15, 0.2) is 0 Å². The number of hydrogen-bond donors (Lipinski definition) is 1. The SMILES string of the molecule is CCCCCCC1C(C=CC(=O)O)C1(C)C. The molecular formula is C14H24O2. The van der Waals surface area contributed by atoms with E-state index in [0.717, 1.165) is 0 Å². The van der Waals surface area contributed by atoms with Crippen molar-refractivity contribution in [3.63, 3.8) is 0 Å². The van der Waals surface area contributed by atoms with Gasteiger partial charge in [0.1, 0.15) is 0 Å². The number of allylic oxidation sites excluding steroid dienone is 1. The van der Waals surface area contributed by atoms with Crippen molar-refractivity contribution >= 4 is 5.97 Å². The minimum absolute atomic E-state index is 0.318. The molecule has 0 saturated heterocycles. The van der Waals surface area contributed by atoms with Gasteiger partial charge in [-0.1, -0.05) is 52.5 Å². The highest BCUT2D eigenvalue weighted by molar-refractivity contribution is 5.79. The molecule has 1 aliphatic carbocycles. The van der Waals surface area contributed by atoms with Gasteiger partial charge >= 0.3 is 5.97 Å². The molecule has 2 nitrogen and oxygen atoms in total. The van der Waals surface area contributed by atoms with E-state index in [1.807, 2.05) is 6.08 Å². The first-order chi connectivity index (χ1) is 7.50. The first-order valence-electron chi connectivity index (χ1n) is 6.41. The summed E-state index contributed by atoms with van der Waals surface area (Å²) in [6.07, 6.45) is 9.64. The first-order valence-corrected chi connectivity index (χ1v) is 6.41. The Labute approximate surface area is 98.7 Å². The quantitative estimate of drug-likeness (QED) is 0.526. The number of carboxylic acid groups (broad SMARTS) is 1. The van der Waals surface area contributed by atoms with E-state index < -0.39 is 5.97 Å². The van der Waals surface area contributed by atoms with Gasteiger partial charge in [-0.15, -0.1) is 0 Å². The van der Waals surface area contributed by atoms with Gasteiger partial charge in [-0.05, 0) is 23.7 Å². The second kappa shape index (κ2) is 5.51. The van der Waals surface area contributed by atoms with Gasteiger partial charge in [-0.2, -0.15) is 0 Å². The van der Waals surface area contributed by atoms with E-state index in [-0.39, 0.29) is 0 Å². The van der Waals surface area contributed by atoms with Crippen LogP contribution in [0.25, 0.3) is 0 Å². The lowest BCUT2D eigenvalue weighted by atomic mass is 10.0. The molecule has 1 N–H and O–H groups in total. The van der Waals surface area contributed by atoms with Gasteiger partial charge in [0.25, 0.3) is 0 Å². The third-order valence-electron chi connectivity index (χ3n) is 3.95. The van der Waals surface area contributed by atoms with Gasteiger partial charge in [0.2, 0.25) is 0 Å². The predicted octanol–water partition coefficient (Wildman–Crippen LogP) is 3.87. The monoisotopic (exact) mass is 224 g/mol. The highest BCUT2D eigenvalue weighted by atomic mass is 16.4. The maximum absolute atomic E-state index is 10.5. The highest BCUT2D eigenvalue weighted by Crippen LogP contribution is 2.61. The molecule has 1 rings (SSSR count). The maximum atomic E-state index is 10.5. The minimum Gasteiger partial charge on any atom is -0.478 e. The summed E-state index contributed by atoms with van der Waals surface area (Å²) in [4.78, 5) is 10.5. The Morgan fingerprint density at radius 3 is 2.56 bits per heavy atom. The molecule has 0 bridgehead atoms. The van der Waals surface area contributed by atoms with Gasteiger partial charge in [-0.25, -0.2) is 4.79 Å². The van der Waals surface area contributed by atoms with Crippen molar-refractivity contribution in [2.75, 3.05) is 0 Å². The number of unbranched alkanes of at least 4 members (excludes halogenated alkanes) is 3. The number of hydrogen-bond acceptors (Lipinski definition) is 1. The van der Waals surface area contributed by atoms with Gasteiger partial charge in [0, 0.05) is 6.08 Å². The standard InChI is InChI=1S/C14H24O2/c1-4-5-6-7-8-11-12(14(11,2)3)9-10-13(15)16/h9-12H,4-8H2,1-3H3,(H,15,16). The van der Waals surface area contributed by atoms with Crippen molar-refractivity contribution in [1.29, 1.82) is 0 Å². The number of carboxylic acids is 1. The Morgan fingerprint density at radius 2 is 2.00 bits per heavy atom. The number of carbonyl (C=O) groups is 1.